The molecule has 0 aromatic heterocycles. The molecule has 4 bridgehead atoms. The molecule has 2 nitrogen and oxygen atoms in total. The van der Waals surface area contributed by atoms with Gasteiger partial charge in [-0.05, 0) is 90.7 Å². The fourth-order valence-corrected chi connectivity index (χ4v) is 7.43. The van der Waals surface area contributed by atoms with Crippen molar-refractivity contribution in [1.29, 1.82) is 0 Å². The van der Waals surface area contributed by atoms with Crippen molar-refractivity contribution in [2.45, 2.75) is 71.1 Å². The van der Waals surface area contributed by atoms with Crippen LogP contribution in [0.1, 0.15) is 63.5 Å². The average Bonchev–Trinajstić information content (AvgIpc) is 2.64. The SMILES string of the molecule is C[C@]12CC3CC(NCc4cccc(OCc5ccc(F)cc5)c4)(C1)C[C@@](C)(C3)C2. The summed E-state index contributed by atoms with van der Waals surface area (Å²) in [6, 6.07) is 14.9. The van der Waals surface area contributed by atoms with Crippen LogP contribution in [0.15, 0.2) is 48.5 Å². The second-order valence-electron chi connectivity index (χ2n) is 10.8. The summed E-state index contributed by atoms with van der Waals surface area (Å²) in [7, 11) is 0. The Balaban J connectivity index is 1.24. The number of halogens is 1. The monoisotopic (exact) mass is 393 g/mol. The molecule has 0 spiro atoms. The Morgan fingerprint density at radius 1 is 0.931 bits per heavy atom. The lowest BCUT2D eigenvalue weighted by molar-refractivity contribution is -0.118. The summed E-state index contributed by atoms with van der Waals surface area (Å²) in [5.41, 5.74) is 3.62. The van der Waals surface area contributed by atoms with E-state index in [-0.39, 0.29) is 5.82 Å². The highest BCUT2D eigenvalue weighted by Crippen LogP contribution is 2.66. The van der Waals surface area contributed by atoms with Crippen molar-refractivity contribution in [3.05, 3.63) is 65.5 Å². The van der Waals surface area contributed by atoms with Crippen LogP contribution in [0.25, 0.3) is 0 Å². The van der Waals surface area contributed by atoms with E-state index in [2.05, 4.69) is 37.4 Å². The lowest BCUT2D eigenvalue weighted by Crippen LogP contribution is -2.63. The lowest BCUT2D eigenvalue weighted by Gasteiger charge is -2.65. The summed E-state index contributed by atoms with van der Waals surface area (Å²) in [6.45, 7) is 6.40. The van der Waals surface area contributed by atoms with Crippen molar-refractivity contribution in [2.24, 2.45) is 16.7 Å². The minimum atomic E-state index is -0.214. The van der Waals surface area contributed by atoms with Crippen LogP contribution in [0.2, 0.25) is 0 Å². The van der Waals surface area contributed by atoms with E-state index in [9.17, 15) is 4.39 Å². The molecule has 0 heterocycles. The molecule has 2 unspecified atom stereocenters. The topological polar surface area (TPSA) is 21.3 Å². The Morgan fingerprint density at radius 2 is 1.66 bits per heavy atom. The largest absolute Gasteiger partial charge is 0.489 e. The van der Waals surface area contributed by atoms with Crippen molar-refractivity contribution in [3.63, 3.8) is 0 Å². The van der Waals surface area contributed by atoms with Crippen LogP contribution in [0.4, 0.5) is 4.39 Å². The smallest absolute Gasteiger partial charge is 0.123 e. The number of hydrogen-bond acceptors (Lipinski definition) is 2. The standard InChI is InChI=1S/C26H32FNO/c1-24-11-21-12-25(2,16-24)18-26(13-21,17-24)28-14-20-4-3-5-23(10-20)29-15-19-6-8-22(27)9-7-19/h3-10,21,28H,11-18H2,1-2H3/t21?,24-,25+,26?. The molecule has 154 valence electrons. The van der Waals surface area contributed by atoms with Gasteiger partial charge in [0.05, 0.1) is 0 Å². The maximum atomic E-state index is 13.1. The number of benzene rings is 2. The molecular weight excluding hydrogens is 361 g/mol. The summed E-state index contributed by atoms with van der Waals surface area (Å²) in [4.78, 5) is 0. The van der Waals surface area contributed by atoms with Crippen molar-refractivity contribution in [1.82, 2.24) is 5.32 Å². The predicted molar refractivity (Wildman–Crippen MR) is 114 cm³/mol. The van der Waals surface area contributed by atoms with E-state index in [1.165, 1.54) is 56.2 Å². The molecule has 0 amide bonds. The van der Waals surface area contributed by atoms with E-state index >= 15 is 0 Å². The Bertz CT molecular complexity index is 874. The first-order chi connectivity index (χ1) is 13.8. The second-order valence-corrected chi connectivity index (χ2v) is 10.8. The van der Waals surface area contributed by atoms with Crippen LogP contribution in [-0.4, -0.2) is 5.54 Å². The van der Waals surface area contributed by atoms with Gasteiger partial charge in [-0.1, -0.05) is 38.1 Å². The van der Waals surface area contributed by atoms with Gasteiger partial charge in [0.25, 0.3) is 0 Å². The van der Waals surface area contributed by atoms with Gasteiger partial charge in [0.1, 0.15) is 18.2 Å². The number of hydrogen-bond donors (Lipinski definition) is 1. The molecule has 2 aromatic rings. The molecule has 4 atom stereocenters. The second kappa shape index (κ2) is 6.84. The Hall–Kier alpha value is -1.87. The van der Waals surface area contributed by atoms with Crippen molar-refractivity contribution in [3.8, 4) is 5.75 Å². The molecule has 2 aromatic carbocycles. The van der Waals surface area contributed by atoms with E-state index in [0.29, 0.717) is 23.0 Å². The highest BCUT2D eigenvalue weighted by atomic mass is 19.1. The molecule has 3 heteroatoms. The highest BCUT2D eigenvalue weighted by molar-refractivity contribution is 5.29. The first kappa shape index (κ1) is 19.1. The van der Waals surface area contributed by atoms with Crippen LogP contribution in [-0.2, 0) is 13.2 Å². The summed E-state index contributed by atoms with van der Waals surface area (Å²) in [5, 5.41) is 4.00. The maximum absolute atomic E-state index is 13.1. The fourth-order valence-electron chi connectivity index (χ4n) is 7.43. The summed E-state index contributed by atoms with van der Waals surface area (Å²) >= 11 is 0. The Labute approximate surface area is 173 Å². The van der Waals surface area contributed by atoms with Crippen LogP contribution in [0, 0.1) is 22.6 Å². The number of nitrogens with one attached hydrogen (secondary N) is 1. The molecule has 4 aliphatic rings. The van der Waals surface area contributed by atoms with Crippen LogP contribution >= 0.6 is 0 Å². The zero-order chi connectivity index (χ0) is 20.1. The fraction of sp³-hybridized carbons (Fsp3) is 0.538. The third-order valence-corrected chi connectivity index (χ3v) is 7.51. The first-order valence-corrected chi connectivity index (χ1v) is 11.0. The van der Waals surface area contributed by atoms with E-state index in [1.54, 1.807) is 12.1 Å². The normalized spacial score (nSPS) is 35.1. The van der Waals surface area contributed by atoms with Gasteiger partial charge < -0.3 is 10.1 Å². The third kappa shape index (κ3) is 3.94. The zero-order valence-electron chi connectivity index (χ0n) is 17.6. The van der Waals surface area contributed by atoms with E-state index < -0.39 is 0 Å². The quantitative estimate of drug-likeness (QED) is 0.627. The van der Waals surface area contributed by atoms with Gasteiger partial charge >= 0.3 is 0 Å². The maximum Gasteiger partial charge on any atom is 0.123 e. The van der Waals surface area contributed by atoms with Crippen molar-refractivity contribution in [2.75, 3.05) is 0 Å². The molecule has 4 saturated carbocycles. The Morgan fingerprint density at radius 3 is 2.34 bits per heavy atom. The Kier molecular flexibility index (Phi) is 4.51. The summed E-state index contributed by atoms with van der Waals surface area (Å²) < 4.78 is 19.0. The molecule has 1 N–H and O–H groups in total. The van der Waals surface area contributed by atoms with Crippen molar-refractivity contribution >= 4 is 0 Å². The van der Waals surface area contributed by atoms with Gasteiger partial charge in [0.15, 0.2) is 0 Å². The molecule has 29 heavy (non-hydrogen) atoms. The van der Waals surface area contributed by atoms with E-state index in [4.69, 9.17) is 4.74 Å². The third-order valence-electron chi connectivity index (χ3n) is 7.51. The molecule has 4 fully saturated rings. The van der Waals surface area contributed by atoms with Crippen LogP contribution in [0.3, 0.4) is 0 Å². The average molecular weight is 394 g/mol. The molecular formula is C26H32FNO. The van der Waals surface area contributed by atoms with Crippen LogP contribution < -0.4 is 10.1 Å². The minimum Gasteiger partial charge on any atom is -0.489 e. The van der Waals surface area contributed by atoms with Gasteiger partial charge in [0, 0.05) is 12.1 Å². The van der Waals surface area contributed by atoms with Gasteiger partial charge in [-0.3, -0.25) is 0 Å². The molecule has 4 aliphatic carbocycles. The summed E-state index contributed by atoms with van der Waals surface area (Å²) in [6.07, 6.45) is 8.27. The molecule has 0 radical (unpaired) electrons. The molecule has 0 saturated heterocycles. The number of rotatable bonds is 6. The van der Waals surface area contributed by atoms with Crippen LogP contribution in [0.5, 0.6) is 5.75 Å². The highest BCUT2D eigenvalue weighted by Gasteiger charge is 2.59. The summed E-state index contributed by atoms with van der Waals surface area (Å²) in [5.74, 6) is 1.56. The van der Waals surface area contributed by atoms with E-state index in [0.717, 1.165) is 23.8 Å². The predicted octanol–water partition coefficient (Wildman–Crippen LogP) is 6.24. The molecule has 6 rings (SSSR count). The zero-order valence-corrected chi connectivity index (χ0v) is 17.6. The van der Waals surface area contributed by atoms with Crippen molar-refractivity contribution < 1.29 is 9.13 Å². The minimum absolute atomic E-state index is 0.214. The number of ether oxygens (including phenoxy) is 1. The van der Waals surface area contributed by atoms with Gasteiger partial charge in [-0.15, -0.1) is 0 Å². The van der Waals surface area contributed by atoms with Gasteiger partial charge in [0.2, 0.25) is 0 Å². The van der Waals surface area contributed by atoms with Gasteiger partial charge in [-0.25, -0.2) is 4.39 Å². The lowest BCUT2D eigenvalue weighted by atomic mass is 9.43. The molecule has 0 aliphatic heterocycles. The first-order valence-electron chi connectivity index (χ1n) is 11.0. The van der Waals surface area contributed by atoms with E-state index in [1.807, 2.05) is 6.07 Å². The van der Waals surface area contributed by atoms with Gasteiger partial charge in [-0.2, -0.15) is 0 Å².